The van der Waals surface area contributed by atoms with Gasteiger partial charge in [-0.25, -0.2) is 13.2 Å². The lowest BCUT2D eigenvalue weighted by atomic mass is 9.80. The monoisotopic (exact) mass is 689 g/mol. The third-order valence-corrected chi connectivity index (χ3v) is 10.7. The summed E-state index contributed by atoms with van der Waals surface area (Å²) in [6.45, 7) is 17.0. The SMILES string of the molecule is Cc1ccc(S(=O)(=O)CNC(=O)C(=O)C(CC2CCC2)NC(=O)[C@@H]2C(C(C)C)CCN2C(=O)[C@@H](NC(=O)NC(C)(C)C)C(C)(C)C)cc1. The fourth-order valence-corrected chi connectivity index (χ4v) is 7.24. The highest BCUT2D eigenvalue weighted by molar-refractivity contribution is 7.91. The second kappa shape index (κ2) is 15.4. The molecule has 0 spiro atoms. The van der Waals surface area contributed by atoms with Crippen molar-refractivity contribution in [3.05, 3.63) is 29.8 Å². The number of aryl methyl sites for hydroxylation is 1. The molecule has 1 aliphatic heterocycles. The average molecular weight is 690 g/mol. The normalized spacial score (nSPS) is 20.0. The number of urea groups is 1. The van der Waals surface area contributed by atoms with Crippen molar-refractivity contribution in [2.45, 2.75) is 123 Å². The van der Waals surface area contributed by atoms with Crippen LogP contribution in [0, 0.1) is 30.1 Å². The van der Waals surface area contributed by atoms with E-state index in [0.29, 0.717) is 6.42 Å². The van der Waals surface area contributed by atoms with Crippen molar-refractivity contribution in [3.63, 3.8) is 0 Å². The molecule has 1 saturated heterocycles. The Kier molecular flexibility index (Phi) is 12.5. The molecule has 0 bridgehead atoms. The van der Waals surface area contributed by atoms with E-state index in [-0.39, 0.29) is 35.6 Å². The molecule has 2 unspecified atom stereocenters. The van der Waals surface area contributed by atoms with Crippen molar-refractivity contribution >= 4 is 39.4 Å². The van der Waals surface area contributed by atoms with Crippen molar-refractivity contribution in [1.82, 2.24) is 26.2 Å². The van der Waals surface area contributed by atoms with Crippen molar-refractivity contribution < 1.29 is 32.4 Å². The highest BCUT2D eigenvalue weighted by Crippen LogP contribution is 2.34. The first-order valence-corrected chi connectivity index (χ1v) is 18.6. The zero-order valence-electron chi connectivity index (χ0n) is 29.9. The van der Waals surface area contributed by atoms with Crippen LogP contribution in [-0.2, 0) is 29.0 Å². The van der Waals surface area contributed by atoms with Gasteiger partial charge in [0.05, 0.1) is 10.9 Å². The summed E-state index contributed by atoms with van der Waals surface area (Å²) < 4.78 is 25.6. The van der Waals surface area contributed by atoms with Gasteiger partial charge in [0.15, 0.2) is 9.84 Å². The summed E-state index contributed by atoms with van der Waals surface area (Å²) in [7, 11) is -3.91. The van der Waals surface area contributed by atoms with E-state index >= 15 is 0 Å². The maximum absolute atomic E-state index is 14.2. The minimum Gasteiger partial charge on any atom is -0.344 e. The number of rotatable bonds is 12. The summed E-state index contributed by atoms with van der Waals surface area (Å²) in [5, 5.41) is 10.7. The Balaban J connectivity index is 1.82. The zero-order chi connectivity index (χ0) is 36.2. The average Bonchev–Trinajstić information content (AvgIpc) is 3.40. The van der Waals surface area contributed by atoms with Crippen LogP contribution in [0.3, 0.4) is 0 Å². The summed E-state index contributed by atoms with van der Waals surface area (Å²) in [4.78, 5) is 69.3. The molecule has 1 heterocycles. The number of likely N-dealkylation sites (tertiary alicyclic amines) is 1. The second-order valence-corrected chi connectivity index (χ2v) is 17.8. The van der Waals surface area contributed by atoms with Crippen molar-refractivity contribution in [2.24, 2.45) is 23.2 Å². The van der Waals surface area contributed by atoms with E-state index in [4.69, 9.17) is 0 Å². The largest absolute Gasteiger partial charge is 0.344 e. The molecule has 1 aromatic rings. The molecule has 4 N–H and O–H groups in total. The lowest BCUT2D eigenvalue weighted by molar-refractivity contribution is -0.145. The lowest BCUT2D eigenvalue weighted by Crippen LogP contribution is -2.62. The third kappa shape index (κ3) is 10.3. The Morgan fingerprint density at radius 3 is 2.02 bits per heavy atom. The van der Waals surface area contributed by atoms with Gasteiger partial charge in [-0.05, 0) is 75.8 Å². The van der Waals surface area contributed by atoms with E-state index in [2.05, 4.69) is 21.3 Å². The van der Waals surface area contributed by atoms with Crippen molar-refractivity contribution in [3.8, 4) is 0 Å². The second-order valence-electron chi connectivity index (χ2n) is 15.9. The summed E-state index contributed by atoms with van der Waals surface area (Å²) in [5.41, 5.74) is -0.350. The first-order valence-electron chi connectivity index (χ1n) is 16.9. The van der Waals surface area contributed by atoms with Crippen LogP contribution >= 0.6 is 0 Å². The van der Waals surface area contributed by atoms with Crippen LogP contribution in [0.1, 0.15) is 93.1 Å². The summed E-state index contributed by atoms with van der Waals surface area (Å²) in [5.74, 6) is -3.85. The summed E-state index contributed by atoms with van der Waals surface area (Å²) >= 11 is 0. The van der Waals surface area contributed by atoms with Gasteiger partial charge in [-0.3, -0.25) is 19.2 Å². The van der Waals surface area contributed by atoms with E-state index in [1.54, 1.807) is 12.1 Å². The van der Waals surface area contributed by atoms with E-state index in [9.17, 15) is 32.4 Å². The molecular formula is C35H55N5O7S. The highest BCUT2D eigenvalue weighted by Gasteiger charge is 2.48. The molecule has 3 rings (SSSR count). The number of ketones is 1. The fourth-order valence-electron chi connectivity index (χ4n) is 6.20. The predicted octanol–water partition coefficient (Wildman–Crippen LogP) is 3.47. The Morgan fingerprint density at radius 2 is 1.52 bits per heavy atom. The van der Waals surface area contributed by atoms with Gasteiger partial charge in [0.25, 0.3) is 5.91 Å². The minimum absolute atomic E-state index is 0.0137. The molecule has 1 aliphatic carbocycles. The third-order valence-electron chi connectivity index (χ3n) is 9.18. The molecule has 13 heteroatoms. The molecule has 2 fully saturated rings. The van der Waals surface area contributed by atoms with Gasteiger partial charge < -0.3 is 26.2 Å². The molecule has 2 aliphatic rings. The summed E-state index contributed by atoms with van der Waals surface area (Å²) in [6, 6.07) is 2.59. The quantitative estimate of drug-likeness (QED) is 0.244. The molecule has 4 atom stereocenters. The number of nitrogens with one attached hydrogen (secondary N) is 4. The van der Waals surface area contributed by atoms with E-state index in [1.165, 1.54) is 17.0 Å². The zero-order valence-corrected chi connectivity index (χ0v) is 30.8. The van der Waals surface area contributed by atoms with Crippen LogP contribution in [0.15, 0.2) is 29.2 Å². The van der Waals surface area contributed by atoms with Gasteiger partial charge in [-0.15, -0.1) is 0 Å². The maximum atomic E-state index is 14.2. The molecule has 1 saturated carbocycles. The number of hydrogen-bond donors (Lipinski definition) is 4. The maximum Gasteiger partial charge on any atom is 0.315 e. The van der Waals surface area contributed by atoms with Crippen LogP contribution in [0.4, 0.5) is 4.79 Å². The summed E-state index contributed by atoms with van der Waals surface area (Å²) in [6.07, 6.45) is 3.45. The Hall–Kier alpha value is -3.48. The van der Waals surface area contributed by atoms with E-state index < -0.39 is 74.3 Å². The van der Waals surface area contributed by atoms with Gasteiger partial charge >= 0.3 is 6.03 Å². The first-order chi connectivity index (χ1) is 22.1. The standard InChI is InChI=1S/C35H55N5O7S/c1-21(2)25-17-18-40(32(44)29(34(4,5)6)38-33(45)39-35(7,8)9)27(25)30(42)37-26(19-23-11-10-12-23)28(41)31(43)36-20-48(46,47)24-15-13-22(3)14-16-24/h13-16,21,23,25-27,29H,10-12,17-20H2,1-9H3,(H,36,43)(H,37,42)(H2,38,39,45)/t25?,26?,27-,29+/m0/s1. The van der Waals surface area contributed by atoms with Crippen LogP contribution in [-0.4, -0.2) is 78.9 Å². The highest BCUT2D eigenvalue weighted by atomic mass is 32.2. The Labute approximate surface area is 285 Å². The lowest BCUT2D eigenvalue weighted by Gasteiger charge is -2.37. The van der Waals surface area contributed by atoms with E-state index in [1.807, 2.05) is 62.3 Å². The first kappa shape index (κ1) is 39.0. The van der Waals surface area contributed by atoms with Gasteiger partial charge in [-0.1, -0.05) is 71.6 Å². The van der Waals surface area contributed by atoms with Crippen LogP contribution in [0.25, 0.3) is 0 Å². The fraction of sp³-hybridized carbons (Fsp3) is 0.686. The Morgan fingerprint density at radius 1 is 0.917 bits per heavy atom. The Bertz CT molecular complexity index is 1460. The van der Waals surface area contributed by atoms with Crippen LogP contribution in [0.5, 0.6) is 0 Å². The molecule has 5 amide bonds. The number of amides is 5. The molecule has 48 heavy (non-hydrogen) atoms. The molecular weight excluding hydrogens is 634 g/mol. The van der Waals surface area contributed by atoms with Gasteiger partial charge in [0.1, 0.15) is 18.0 Å². The molecule has 0 aromatic heterocycles. The number of hydrogen-bond acceptors (Lipinski definition) is 7. The number of nitrogens with zero attached hydrogens (tertiary/aromatic N) is 1. The van der Waals surface area contributed by atoms with Gasteiger partial charge in [-0.2, -0.15) is 0 Å². The van der Waals surface area contributed by atoms with E-state index in [0.717, 1.165) is 24.8 Å². The molecule has 268 valence electrons. The van der Waals surface area contributed by atoms with Gasteiger partial charge in [0, 0.05) is 12.1 Å². The molecule has 1 aromatic carbocycles. The van der Waals surface area contributed by atoms with Crippen LogP contribution in [0.2, 0.25) is 0 Å². The van der Waals surface area contributed by atoms with Crippen LogP contribution < -0.4 is 21.3 Å². The number of carbonyl (C=O) groups excluding carboxylic acids is 5. The smallest absolute Gasteiger partial charge is 0.315 e. The van der Waals surface area contributed by atoms with Crippen molar-refractivity contribution in [1.29, 1.82) is 0 Å². The minimum atomic E-state index is -3.91. The van der Waals surface area contributed by atoms with Crippen molar-refractivity contribution in [2.75, 3.05) is 12.4 Å². The topological polar surface area (TPSA) is 171 Å². The molecule has 12 nitrogen and oxygen atoms in total. The van der Waals surface area contributed by atoms with Gasteiger partial charge in [0.2, 0.25) is 17.6 Å². The molecule has 0 radical (unpaired) electrons. The predicted molar refractivity (Wildman–Crippen MR) is 183 cm³/mol. The number of benzene rings is 1. The number of Topliss-reactive ketones (excluding diaryl/α,β-unsaturated/α-hetero) is 1. The number of sulfone groups is 1. The number of carbonyl (C=O) groups is 5.